The van der Waals surface area contributed by atoms with Crippen LogP contribution in [0.25, 0.3) is 0 Å². The van der Waals surface area contributed by atoms with Gasteiger partial charge in [0.2, 0.25) is 5.91 Å². The van der Waals surface area contributed by atoms with Gasteiger partial charge in [0.25, 0.3) is 5.56 Å². The summed E-state index contributed by atoms with van der Waals surface area (Å²) in [5, 5.41) is 3.47. The number of benzene rings is 2. The summed E-state index contributed by atoms with van der Waals surface area (Å²) in [7, 11) is 1.61. The van der Waals surface area contributed by atoms with Crippen molar-refractivity contribution in [2.75, 3.05) is 7.11 Å². The van der Waals surface area contributed by atoms with E-state index < -0.39 is 0 Å². The lowest BCUT2D eigenvalue weighted by molar-refractivity contribution is -0.121. The molecule has 0 saturated heterocycles. The number of aromatic nitrogens is 2. The number of amides is 1. The van der Waals surface area contributed by atoms with Crippen LogP contribution in [0.15, 0.2) is 64.5 Å². The molecule has 2 N–H and O–H groups in total. The van der Waals surface area contributed by atoms with Gasteiger partial charge in [0.05, 0.1) is 7.11 Å². The molecule has 3 rings (SSSR count). The predicted octanol–water partition coefficient (Wildman–Crippen LogP) is 3.63. The zero-order valence-electron chi connectivity index (χ0n) is 17.1. The van der Waals surface area contributed by atoms with Crippen LogP contribution in [-0.2, 0) is 23.5 Å². The number of carbonyl (C=O) groups is 1. The molecule has 6 nitrogen and oxygen atoms in total. The van der Waals surface area contributed by atoms with Crippen LogP contribution in [0.3, 0.4) is 0 Å². The van der Waals surface area contributed by atoms with E-state index in [1.165, 1.54) is 17.3 Å². The summed E-state index contributed by atoms with van der Waals surface area (Å²) in [6.45, 7) is 2.25. The summed E-state index contributed by atoms with van der Waals surface area (Å²) in [6.07, 6.45) is 0.588. The fraction of sp³-hybridized carbons (Fsp3) is 0.261. The Balaban J connectivity index is 1.51. The average Bonchev–Trinajstić information content (AvgIpc) is 2.76. The van der Waals surface area contributed by atoms with Gasteiger partial charge in [-0.25, -0.2) is 4.98 Å². The summed E-state index contributed by atoms with van der Waals surface area (Å²) < 4.78 is 5.12. The molecule has 0 unspecified atom stereocenters. The molecule has 0 radical (unpaired) electrons. The lowest BCUT2D eigenvalue weighted by Gasteiger charge is -2.08. The maximum absolute atomic E-state index is 12.5. The van der Waals surface area contributed by atoms with Gasteiger partial charge in [-0.3, -0.25) is 9.59 Å². The highest BCUT2D eigenvalue weighted by molar-refractivity contribution is 7.98. The maximum atomic E-state index is 12.5. The van der Waals surface area contributed by atoms with Crippen LogP contribution in [0.1, 0.15) is 28.8 Å². The maximum Gasteiger partial charge on any atom is 0.254 e. The third-order valence-corrected chi connectivity index (χ3v) is 5.61. The summed E-state index contributed by atoms with van der Waals surface area (Å²) in [5.74, 6) is 1.40. The van der Waals surface area contributed by atoms with Crippen molar-refractivity contribution in [2.45, 2.75) is 37.2 Å². The van der Waals surface area contributed by atoms with Crippen molar-refractivity contribution in [2.24, 2.45) is 0 Å². The molecule has 0 fully saturated rings. The number of carbonyl (C=O) groups excluding carboxylic acids is 1. The molecule has 7 heteroatoms. The number of aromatic amines is 1. The van der Waals surface area contributed by atoms with Gasteiger partial charge >= 0.3 is 0 Å². The zero-order valence-corrected chi connectivity index (χ0v) is 17.9. The summed E-state index contributed by atoms with van der Waals surface area (Å²) in [6, 6.07) is 17.5. The van der Waals surface area contributed by atoms with E-state index in [1.54, 1.807) is 7.11 Å². The van der Waals surface area contributed by atoms with Crippen LogP contribution in [0.5, 0.6) is 5.75 Å². The molecule has 0 bridgehead atoms. The number of hydrogen-bond donors (Lipinski definition) is 2. The highest BCUT2D eigenvalue weighted by Gasteiger charge is 2.11. The van der Waals surface area contributed by atoms with Gasteiger partial charge in [0, 0.05) is 30.0 Å². The van der Waals surface area contributed by atoms with Crippen LogP contribution >= 0.6 is 11.8 Å². The first-order chi connectivity index (χ1) is 14.5. The number of rotatable bonds is 9. The fourth-order valence-corrected chi connectivity index (χ4v) is 3.81. The standard InChI is InChI=1S/C23H25N3O3S/c1-16-20(12-13-21(27)24-14-17-8-10-19(29-2)11-9-17)22(28)26-23(25-16)30-15-18-6-4-3-5-7-18/h3-11H,12-15H2,1-2H3,(H,24,27)(H,25,26,28). The number of aryl methyl sites for hydroxylation is 1. The Labute approximate surface area is 180 Å². The highest BCUT2D eigenvalue weighted by Crippen LogP contribution is 2.19. The van der Waals surface area contributed by atoms with Crippen molar-refractivity contribution in [3.8, 4) is 5.75 Å². The summed E-state index contributed by atoms with van der Waals surface area (Å²) in [5.41, 5.74) is 3.19. The molecule has 0 aliphatic rings. The molecule has 1 aromatic heterocycles. The van der Waals surface area contributed by atoms with E-state index in [0.717, 1.165) is 17.1 Å². The largest absolute Gasteiger partial charge is 0.497 e. The second kappa shape index (κ2) is 10.6. The van der Waals surface area contributed by atoms with Gasteiger partial charge in [-0.15, -0.1) is 0 Å². The zero-order chi connectivity index (χ0) is 21.3. The lowest BCUT2D eigenvalue weighted by Crippen LogP contribution is -2.25. The third-order valence-electron chi connectivity index (χ3n) is 4.67. The van der Waals surface area contributed by atoms with Crippen molar-refractivity contribution >= 4 is 17.7 Å². The Kier molecular flexibility index (Phi) is 7.68. The second-order valence-corrected chi connectivity index (χ2v) is 7.80. The number of nitrogens with zero attached hydrogens (tertiary/aromatic N) is 1. The van der Waals surface area contributed by atoms with Gasteiger partial charge in [-0.2, -0.15) is 0 Å². The minimum atomic E-state index is -0.180. The predicted molar refractivity (Wildman–Crippen MR) is 119 cm³/mol. The quantitative estimate of drug-likeness (QED) is 0.406. The molecular weight excluding hydrogens is 398 g/mol. The van der Waals surface area contributed by atoms with Crippen molar-refractivity contribution in [1.82, 2.24) is 15.3 Å². The first kappa shape index (κ1) is 21.6. The number of nitrogens with one attached hydrogen (secondary N) is 2. The van der Waals surface area contributed by atoms with E-state index in [4.69, 9.17) is 4.74 Å². The molecular formula is C23H25N3O3S. The Bertz CT molecular complexity index is 1030. The van der Waals surface area contributed by atoms with Crippen LogP contribution in [-0.4, -0.2) is 23.0 Å². The van der Waals surface area contributed by atoms with E-state index in [-0.39, 0.29) is 17.9 Å². The molecule has 1 amide bonds. The van der Waals surface area contributed by atoms with E-state index in [2.05, 4.69) is 15.3 Å². The van der Waals surface area contributed by atoms with Crippen LogP contribution < -0.4 is 15.6 Å². The van der Waals surface area contributed by atoms with E-state index >= 15 is 0 Å². The van der Waals surface area contributed by atoms with Gasteiger partial charge in [-0.1, -0.05) is 54.2 Å². The van der Waals surface area contributed by atoms with Crippen LogP contribution in [0, 0.1) is 6.92 Å². The monoisotopic (exact) mass is 423 g/mol. The Morgan fingerprint density at radius 1 is 1.10 bits per heavy atom. The fourth-order valence-electron chi connectivity index (χ4n) is 2.94. The van der Waals surface area contributed by atoms with Gasteiger partial charge in [0.15, 0.2) is 5.16 Å². The topological polar surface area (TPSA) is 84.1 Å². The Morgan fingerprint density at radius 2 is 1.83 bits per heavy atom. The molecule has 2 aromatic carbocycles. The molecule has 0 aliphatic heterocycles. The van der Waals surface area contributed by atoms with Crippen molar-refractivity contribution in [3.63, 3.8) is 0 Å². The third kappa shape index (κ3) is 6.22. The number of thioether (sulfide) groups is 1. The van der Waals surface area contributed by atoms with Crippen molar-refractivity contribution in [3.05, 3.63) is 87.3 Å². The molecule has 1 heterocycles. The normalized spacial score (nSPS) is 10.6. The van der Waals surface area contributed by atoms with E-state index in [0.29, 0.717) is 29.4 Å². The Morgan fingerprint density at radius 3 is 2.50 bits per heavy atom. The molecule has 0 aliphatic carbocycles. The van der Waals surface area contributed by atoms with E-state index in [9.17, 15) is 9.59 Å². The first-order valence-electron chi connectivity index (χ1n) is 9.71. The molecule has 0 spiro atoms. The number of ether oxygens (including phenoxy) is 1. The molecule has 0 saturated carbocycles. The number of hydrogen-bond acceptors (Lipinski definition) is 5. The first-order valence-corrected chi connectivity index (χ1v) is 10.7. The smallest absolute Gasteiger partial charge is 0.254 e. The summed E-state index contributed by atoms with van der Waals surface area (Å²) in [4.78, 5) is 32.0. The summed E-state index contributed by atoms with van der Waals surface area (Å²) >= 11 is 1.49. The lowest BCUT2D eigenvalue weighted by atomic mass is 10.1. The number of methoxy groups -OCH3 is 1. The minimum Gasteiger partial charge on any atom is -0.497 e. The highest BCUT2D eigenvalue weighted by atomic mass is 32.2. The van der Waals surface area contributed by atoms with Gasteiger partial charge in [0.1, 0.15) is 5.75 Å². The number of H-pyrrole nitrogens is 1. The van der Waals surface area contributed by atoms with E-state index in [1.807, 2.05) is 61.5 Å². The second-order valence-electron chi connectivity index (χ2n) is 6.83. The van der Waals surface area contributed by atoms with Gasteiger partial charge in [-0.05, 0) is 36.6 Å². The van der Waals surface area contributed by atoms with Crippen LogP contribution in [0.4, 0.5) is 0 Å². The van der Waals surface area contributed by atoms with Gasteiger partial charge < -0.3 is 15.0 Å². The average molecular weight is 424 g/mol. The molecule has 0 atom stereocenters. The SMILES string of the molecule is COc1ccc(CNC(=O)CCc2c(C)nc(SCc3ccccc3)[nH]c2=O)cc1. The van der Waals surface area contributed by atoms with Crippen LogP contribution in [0.2, 0.25) is 0 Å². The van der Waals surface area contributed by atoms with Crippen molar-refractivity contribution < 1.29 is 9.53 Å². The van der Waals surface area contributed by atoms with Crippen molar-refractivity contribution in [1.29, 1.82) is 0 Å². The minimum absolute atomic E-state index is 0.104. The molecule has 156 valence electrons. The molecule has 30 heavy (non-hydrogen) atoms. The Hall–Kier alpha value is -3.06. The molecule has 3 aromatic rings.